The SMILES string of the molecule is COc1ccc(OC)c(C2C(=O)c3ccccc3N2S(=O)(=O)c2ccc(C)cc2)c1. The average molecular weight is 423 g/mol. The molecule has 0 radical (unpaired) electrons. The van der Waals surface area contributed by atoms with E-state index in [1.165, 1.54) is 18.5 Å². The third-order valence-corrected chi connectivity index (χ3v) is 6.99. The Balaban J connectivity index is 1.96. The summed E-state index contributed by atoms with van der Waals surface area (Å²) >= 11 is 0. The second-order valence-corrected chi connectivity index (χ2v) is 8.82. The number of hydrogen-bond donors (Lipinski definition) is 0. The topological polar surface area (TPSA) is 72.9 Å². The molecule has 154 valence electrons. The molecule has 0 aliphatic carbocycles. The first-order valence-corrected chi connectivity index (χ1v) is 10.8. The summed E-state index contributed by atoms with van der Waals surface area (Å²) in [5, 5.41) is 0. The van der Waals surface area contributed by atoms with Crippen LogP contribution in [0, 0.1) is 6.92 Å². The maximum Gasteiger partial charge on any atom is 0.265 e. The molecule has 0 saturated carbocycles. The van der Waals surface area contributed by atoms with Gasteiger partial charge in [-0.3, -0.25) is 9.10 Å². The van der Waals surface area contributed by atoms with Crippen molar-refractivity contribution in [3.8, 4) is 11.5 Å². The Hall–Kier alpha value is -3.32. The molecule has 1 unspecified atom stereocenters. The molecule has 30 heavy (non-hydrogen) atoms. The average Bonchev–Trinajstić information content (AvgIpc) is 3.07. The van der Waals surface area contributed by atoms with Gasteiger partial charge in [-0.15, -0.1) is 0 Å². The molecule has 3 aromatic carbocycles. The number of methoxy groups -OCH3 is 2. The van der Waals surface area contributed by atoms with Gasteiger partial charge in [0.2, 0.25) is 0 Å². The van der Waals surface area contributed by atoms with Crippen LogP contribution in [0.15, 0.2) is 71.6 Å². The van der Waals surface area contributed by atoms with Gasteiger partial charge in [0.25, 0.3) is 10.0 Å². The second-order valence-electron chi connectivity index (χ2n) is 7.01. The molecule has 0 spiro atoms. The summed E-state index contributed by atoms with van der Waals surface area (Å²) in [6.07, 6.45) is 0. The minimum Gasteiger partial charge on any atom is -0.497 e. The maximum absolute atomic E-state index is 13.7. The van der Waals surface area contributed by atoms with Crippen LogP contribution in [0.3, 0.4) is 0 Å². The maximum atomic E-state index is 13.7. The molecule has 1 aliphatic heterocycles. The van der Waals surface area contributed by atoms with Gasteiger partial charge in [-0.05, 0) is 49.4 Å². The van der Waals surface area contributed by atoms with Crippen LogP contribution in [0.2, 0.25) is 0 Å². The third-order valence-electron chi connectivity index (χ3n) is 5.20. The van der Waals surface area contributed by atoms with E-state index in [4.69, 9.17) is 9.47 Å². The van der Waals surface area contributed by atoms with Crippen LogP contribution in [0.4, 0.5) is 5.69 Å². The minimum atomic E-state index is -4.03. The third kappa shape index (κ3) is 3.11. The number of ketones is 1. The normalized spacial score (nSPS) is 15.8. The van der Waals surface area contributed by atoms with E-state index in [9.17, 15) is 13.2 Å². The van der Waals surface area contributed by atoms with Crippen molar-refractivity contribution in [1.82, 2.24) is 0 Å². The van der Waals surface area contributed by atoms with E-state index in [2.05, 4.69) is 0 Å². The van der Waals surface area contributed by atoms with E-state index >= 15 is 0 Å². The Kier molecular flexibility index (Phi) is 4.99. The Morgan fingerprint density at radius 3 is 2.27 bits per heavy atom. The standard InChI is InChI=1S/C23H21NO5S/c1-15-8-11-17(12-9-15)30(26,27)24-20-7-5-4-6-18(20)23(25)22(24)19-14-16(28-2)10-13-21(19)29-3/h4-14,22H,1-3H3. The number of rotatable bonds is 5. The van der Waals surface area contributed by atoms with Gasteiger partial charge in [-0.2, -0.15) is 0 Å². The molecular weight excluding hydrogens is 402 g/mol. The fourth-order valence-corrected chi connectivity index (χ4v) is 5.29. The number of carbonyl (C=O) groups is 1. The molecule has 6 nitrogen and oxygen atoms in total. The first-order valence-electron chi connectivity index (χ1n) is 9.34. The predicted molar refractivity (Wildman–Crippen MR) is 114 cm³/mol. The number of carbonyl (C=O) groups excluding carboxylic acids is 1. The Morgan fingerprint density at radius 1 is 0.900 bits per heavy atom. The quantitative estimate of drug-likeness (QED) is 0.617. The summed E-state index contributed by atoms with van der Waals surface area (Å²) in [7, 11) is -1.03. The molecule has 1 aliphatic rings. The monoisotopic (exact) mass is 423 g/mol. The lowest BCUT2D eigenvalue weighted by Crippen LogP contribution is -2.34. The number of sulfonamides is 1. The van der Waals surface area contributed by atoms with Crippen molar-refractivity contribution < 1.29 is 22.7 Å². The van der Waals surface area contributed by atoms with Crippen molar-refractivity contribution >= 4 is 21.5 Å². The van der Waals surface area contributed by atoms with Crippen LogP contribution in [-0.2, 0) is 10.0 Å². The fourth-order valence-electron chi connectivity index (χ4n) is 3.68. The molecule has 4 rings (SSSR count). The largest absolute Gasteiger partial charge is 0.497 e. The highest BCUT2D eigenvalue weighted by molar-refractivity contribution is 7.93. The molecule has 1 atom stereocenters. The van der Waals surface area contributed by atoms with Crippen LogP contribution in [0.25, 0.3) is 0 Å². The number of Topliss-reactive ketones (excluding diaryl/α,β-unsaturated/α-hetero) is 1. The van der Waals surface area contributed by atoms with Crippen molar-refractivity contribution in [1.29, 1.82) is 0 Å². The van der Waals surface area contributed by atoms with Crippen LogP contribution in [0.1, 0.15) is 27.5 Å². The van der Waals surface area contributed by atoms with Crippen molar-refractivity contribution in [2.24, 2.45) is 0 Å². The van der Waals surface area contributed by atoms with Crippen molar-refractivity contribution in [2.45, 2.75) is 17.9 Å². The molecular formula is C23H21NO5S. The number of ether oxygens (including phenoxy) is 2. The molecule has 0 aromatic heterocycles. The van der Waals surface area contributed by atoms with E-state index in [0.29, 0.717) is 28.3 Å². The van der Waals surface area contributed by atoms with Crippen LogP contribution >= 0.6 is 0 Å². The molecule has 0 N–H and O–H groups in total. The van der Waals surface area contributed by atoms with Crippen molar-refractivity contribution in [2.75, 3.05) is 18.5 Å². The predicted octanol–water partition coefficient (Wildman–Crippen LogP) is 4.15. The lowest BCUT2D eigenvalue weighted by molar-refractivity contribution is 0.0973. The molecule has 0 amide bonds. The fraction of sp³-hybridized carbons (Fsp3) is 0.174. The first kappa shape index (κ1) is 20.0. The van der Waals surface area contributed by atoms with Crippen LogP contribution < -0.4 is 13.8 Å². The molecule has 1 heterocycles. The molecule has 0 bridgehead atoms. The van der Waals surface area contributed by atoms with Gasteiger partial charge in [-0.25, -0.2) is 8.42 Å². The smallest absolute Gasteiger partial charge is 0.265 e. The summed E-state index contributed by atoms with van der Waals surface area (Å²) in [6, 6.07) is 17.2. The van der Waals surface area contributed by atoms with Crippen molar-refractivity contribution in [3.63, 3.8) is 0 Å². The van der Waals surface area contributed by atoms with Gasteiger partial charge in [0, 0.05) is 11.1 Å². The van der Waals surface area contributed by atoms with Crippen molar-refractivity contribution in [3.05, 3.63) is 83.4 Å². The summed E-state index contributed by atoms with van der Waals surface area (Å²) < 4.78 is 39.3. The van der Waals surface area contributed by atoms with E-state index in [1.54, 1.807) is 66.7 Å². The number of nitrogens with zero attached hydrogens (tertiary/aromatic N) is 1. The summed E-state index contributed by atoms with van der Waals surface area (Å²) in [6.45, 7) is 1.88. The van der Waals surface area contributed by atoms with Gasteiger partial charge < -0.3 is 9.47 Å². The zero-order valence-corrected chi connectivity index (χ0v) is 17.6. The second kappa shape index (κ2) is 7.50. The number of fused-ring (bicyclic) bond motifs is 1. The van der Waals surface area contributed by atoms with E-state index in [0.717, 1.165) is 5.56 Å². The molecule has 3 aromatic rings. The highest BCUT2D eigenvalue weighted by atomic mass is 32.2. The highest BCUT2D eigenvalue weighted by Crippen LogP contribution is 2.46. The van der Waals surface area contributed by atoms with Gasteiger partial charge in [0.1, 0.15) is 17.5 Å². The Morgan fingerprint density at radius 2 is 1.60 bits per heavy atom. The lowest BCUT2D eigenvalue weighted by Gasteiger charge is -2.27. The Bertz CT molecular complexity index is 1220. The molecule has 0 fully saturated rings. The Labute approximate surface area is 175 Å². The number of hydrogen-bond acceptors (Lipinski definition) is 5. The van der Waals surface area contributed by atoms with Gasteiger partial charge in [-0.1, -0.05) is 29.8 Å². The number of benzene rings is 3. The summed E-state index contributed by atoms with van der Waals surface area (Å²) in [5.74, 6) is 0.598. The number of para-hydroxylation sites is 1. The molecule has 0 saturated heterocycles. The highest BCUT2D eigenvalue weighted by Gasteiger charge is 2.46. The summed E-state index contributed by atoms with van der Waals surface area (Å²) in [5.41, 5.74) is 2.06. The van der Waals surface area contributed by atoms with Gasteiger partial charge >= 0.3 is 0 Å². The van der Waals surface area contributed by atoms with Gasteiger partial charge in [0.15, 0.2) is 5.78 Å². The lowest BCUT2D eigenvalue weighted by atomic mass is 10.0. The zero-order chi connectivity index (χ0) is 21.5. The number of aryl methyl sites for hydroxylation is 1. The van der Waals surface area contributed by atoms with Crippen LogP contribution in [0.5, 0.6) is 11.5 Å². The number of anilines is 1. The minimum absolute atomic E-state index is 0.115. The van der Waals surface area contributed by atoms with Crippen LogP contribution in [-0.4, -0.2) is 28.4 Å². The van der Waals surface area contributed by atoms with E-state index < -0.39 is 16.1 Å². The van der Waals surface area contributed by atoms with Gasteiger partial charge in [0.05, 0.1) is 24.8 Å². The molecule has 7 heteroatoms. The zero-order valence-electron chi connectivity index (χ0n) is 16.8. The van der Waals surface area contributed by atoms with E-state index in [1.807, 2.05) is 6.92 Å². The van der Waals surface area contributed by atoms with E-state index in [-0.39, 0.29) is 10.7 Å². The summed E-state index contributed by atoms with van der Waals surface area (Å²) in [4.78, 5) is 13.5. The first-order chi connectivity index (χ1) is 14.4.